The maximum Gasteiger partial charge on any atom is 0.306 e. The van der Waals surface area contributed by atoms with Crippen molar-refractivity contribution in [2.45, 2.75) is 193 Å². The van der Waals surface area contributed by atoms with Crippen molar-refractivity contribution < 1.29 is 24.5 Å². The first-order valence-corrected chi connectivity index (χ1v) is 22.0. The minimum absolute atomic E-state index is 0.0276. The van der Waals surface area contributed by atoms with E-state index in [0.717, 1.165) is 83.5 Å². The van der Waals surface area contributed by atoms with Gasteiger partial charge in [0.2, 0.25) is 5.91 Å². The van der Waals surface area contributed by atoms with Crippen molar-refractivity contribution >= 4 is 11.9 Å². The molecule has 6 heteroatoms. The smallest absolute Gasteiger partial charge is 0.306 e. The van der Waals surface area contributed by atoms with Gasteiger partial charge in [-0.3, -0.25) is 9.59 Å². The van der Waals surface area contributed by atoms with Gasteiger partial charge in [0, 0.05) is 6.42 Å². The molecular formula is C49H81NO5. The molecular weight excluding hydrogens is 683 g/mol. The predicted octanol–water partition coefficient (Wildman–Crippen LogP) is 12.6. The Labute approximate surface area is 337 Å². The van der Waals surface area contributed by atoms with Crippen LogP contribution in [0.5, 0.6) is 0 Å². The summed E-state index contributed by atoms with van der Waals surface area (Å²) in [5.74, 6) is -0.599. The summed E-state index contributed by atoms with van der Waals surface area (Å²) < 4.78 is 5.85. The molecule has 3 unspecified atom stereocenters. The largest absolute Gasteiger partial charge is 0.462 e. The normalized spacial score (nSPS) is 14.3. The van der Waals surface area contributed by atoms with Gasteiger partial charge >= 0.3 is 5.97 Å². The molecule has 1 amide bonds. The van der Waals surface area contributed by atoms with E-state index in [1.807, 2.05) is 54.7 Å². The fourth-order valence-electron chi connectivity index (χ4n) is 6.00. The number of nitrogens with one attached hydrogen (secondary N) is 1. The van der Waals surface area contributed by atoms with Gasteiger partial charge in [-0.1, -0.05) is 189 Å². The molecule has 0 fully saturated rings. The van der Waals surface area contributed by atoms with Crippen molar-refractivity contribution in [2.24, 2.45) is 0 Å². The van der Waals surface area contributed by atoms with Crippen molar-refractivity contribution in [3.8, 4) is 0 Å². The Hall–Kier alpha value is -3.22. The van der Waals surface area contributed by atoms with E-state index in [2.05, 4.69) is 68.6 Å². The highest BCUT2D eigenvalue weighted by Crippen LogP contribution is 2.16. The molecule has 0 aromatic heterocycles. The maximum absolute atomic E-state index is 13.1. The highest BCUT2D eigenvalue weighted by atomic mass is 16.5. The first-order chi connectivity index (χ1) is 27.0. The predicted molar refractivity (Wildman–Crippen MR) is 236 cm³/mol. The molecule has 0 bridgehead atoms. The Bertz CT molecular complexity index is 1130. The third-order valence-corrected chi connectivity index (χ3v) is 9.29. The fourth-order valence-corrected chi connectivity index (χ4v) is 6.00. The average molecular weight is 764 g/mol. The number of hydrogen-bond acceptors (Lipinski definition) is 5. The van der Waals surface area contributed by atoms with Crippen molar-refractivity contribution in [1.29, 1.82) is 0 Å². The third-order valence-electron chi connectivity index (χ3n) is 9.29. The van der Waals surface area contributed by atoms with Gasteiger partial charge in [-0.2, -0.15) is 0 Å². The van der Waals surface area contributed by atoms with Crippen LogP contribution in [0, 0.1) is 0 Å². The molecule has 0 aromatic carbocycles. The second-order valence-electron chi connectivity index (χ2n) is 14.5. The summed E-state index contributed by atoms with van der Waals surface area (Å²) in [6.07, 6.45) is 54.7. The molecule has 0 aliphatic carbocycles. The Morgan fingerprint density at radius 1 is 0.564 bits per heavy atom. The van der Waals surface area contributed by atoms with E-state index in [4.69, 9.17) is 4.74 Å². The maximum atomic E-state index is 13.1. The molecule has 0 saturated carbocycles. The number of rotatable bonds is 37. The van der Waals surface area contributed by atoms with Crippen molar-refractivity contribution in [1.82, 2.24) is 5.32 Å². The van der Waals surface area contributed by atoms with Gasteiger partial charge < -0.3 is 20.3 Å². The van der Waals surface area contributed by atoms with Crippen LogP contribution in [0.1, 0.15) is 175 Å². The van der Waals surface area contributed by atoms with Crippen LogP contribution < -0.4 is 5.32 Å². The van der Waals surface area contributed by atoms with Gasteiger partial charge in [0.15, 0.2) is 0 Å². The van der Waals surface area contributed by atoms with E-state index >= 15 is 0 Å². The molecule has 0 radical (unpaired) electrons. The molecule has 0 rings (SSSR count). The van der Waals surface area contributed by atoms with E-state index in [1.165, 1.54) is 38.5 Å². The number of unbranched alkanes of at least 4 members (excludes halogenated alkanes) is 13. The lowest BCUT2D eigenvalue weighted by Gasteiger charge is -2.24. The monoisotopic (exact) mass is 764 g/mol. The summed E-state index contributed by atoms with van der Waals surface area (Å²) in [5, 5.41) is 23.5. The topological polar surface area (TPSA) is 95.9 Å². The molecule has 3 N–H and O–H groups in total. The molecule has 0 heterocycles. The number of aliphatic hydroxyl groups is 2. The molecule has 6 nitrogen and oxygen atoms in total. The summed E-state index contributed by atoms with van der Waals surface area (Å²) in [5.41, 5.74) is 0. The molecule has 312 valence electrons. The number of ether oxygens (including phenoxy) is 1. The summed E-state index contributed by atoms with van der Waals surface area (Å²) in [6, 6.07) is -0.727. The van der Waals surface area contributed by atoms with Gasteiger partial charge in [-0.05, 0) is 70.6 Å². The van der Waals surface area contributed by atoms with E-state index in [9.17, 15) is 19.8 Å². The second-order valence-corrected chi connectivity index (χ2v) is 14.5. The van der Waals surface area contributed by atoms with Crippen LogP contribution in [0.3, 0.4) is 0 Å². The van der Waals surface area contributed by atoms with Crippen LogP contribution in [-0.4, -0.2) is 46.9 Å². The van der Waals surface area contributed by atoms with Gasteiger partial charge in [-0.15, -0.1) is 0 Å². The van der Waals surface area contributed by atoms with Crippen LogP contribution in [0.4, 0.5) is 0 Å². The quantitative estimate of drug-likeness (QED) is 0.0253. The summed E-state index contributed by atoms with van der Waals surface area (Å²) >= 11 is 0. The number of aliphatic hydroxyl groups excluding tert-OH is 2. The number of carbonyl (C=O) groups is 2. The zero-order chi connectivity index (χ0) is 40.3. The molecule has 55 heavy (non-hydrogen) atoms. The van der Waals surface area contributed by atoms with Crippen molar-refractivity contribution in [3.05, 3.63) is 97.2 Å². The average Bonchev–Trinajstić information content (AvgIpc) is 3.18. The lowest BCUT2D eigenvalue weighted by atomic mass is 10.0. The van der Waals surface area contributed by atoms with Crippen LogP contribution in [0.25, 0.3) is 0 Å². The molecule has 0 aliphatic rings. The van der Waals surface area contributed by atoms with Gasteiger partial charge in [0.1, 0.15) is 6.10 Å². The Morgan fingerprint density at radius 2 is 1.07 bits per heavy atom. The minimum atomic E-state index is -0.809. The van der Waals surface area contributed by atoms with Crippen LogP contribution in [-0.2, 0) is 14.3 Å². The molecule has 0 aromatic rings. The third kappa shape index (κ3) is 37.5. The Balaban J connectivity index is 4.81. The number of allylic oxidation sites excluding steroid dienone is 16. The molecule has 0 saturated heterocycles. The molecule has 3 atom stereocenters. The highest BCUT2D eigenvalue weighted by molar-refractivity contribution is 5.77. The Morgan fingerprint density at radius 3 is 1.69 bits per heavy atom. The first kappa shape index (κ1) is 51.8. The van der Waals surface area contributed by atoms with E-state index in [-0.39, 0.29) is 31.3 Å². The van der Waals surface area contributed by atoms with Crippen LogP contribution in [0.2, 0.25) is 0 Å². The summed E-state index contributed by atoms with van der Waals surface area (Å²) in [7, 11) is 0. The van der Waals surface area contributed by atoms with E-state index in [1.54, 1.807) is 0 Å². The van der Waals surface area contributed by atoms with E-state index < -0.39 is 18.2 Å². The van der Waals surface area contributed by atoms with Gasteiger partial charge in [0.25, 0.3) is 0 Å². The van der Waals surface area contributed by atoms with Crippen LogP contribution in [0.15, 0.2) is 97.2 Å². The van der Waals surface area contributed by atoms with Crippen molar-refractivity contribution in [3.63, 3.8) is 0 Å². The van der Waals surface area contributed by atoms with Crippen molar-refractivity contribution in [2.75, 3.05) is 6.61 Å². The number of esters is 1. The standard InChI is InChI=1S/C49H81NO5/c1-4-7-10-13-16-19-21-23-25-26-29-31-34-37-40-45(55-49(54)42-39-36-33-30-27-24-22-20-17-14-11-8-5-2)43-48(53)50-46(44-51)47(52)41-38-35-32-28-18-15-12-9-6-3/h7-8,10-11,14,16-17,19-20,22-25,27,30,33,45-47,51-52H,4-6,9,12-13,15,18,21,26,28-29,31-32,34-44H2,1-3H3,(H,50,53)/b10-7+,11-8+,17-14+,19-16+,22-20-,25-23+,27-24-,33-30+. The van der Waals surface area contributed by atoms with Gasteiger partial charge in [-0.25, -0.2) is 0 Å². The molecule has 0 spiro atoms. The zero-order valence-corrected chi connectivity index (χ0v) is 35.3. The zero-order valence-electron chi connectivity index (χ0n) is 35.3. The highest BCUT2D eigenvalue weighted by Gasteiger charge is 2.24. The molecule has 0 aliphatic heterocycles. The van der Waals surface area contributed by atoms with Gasteiger partial charge in [0.05, 0.1) is 25.2 Å². The van der Waals surface area contributed by atoms with Crippen LogP contribution >= 0.6 is 0 Å². The first-order valence-electron chi connectivity index (χ1n) is 22.0. The van der Waals surface area contributed by atoms with E-state index in [0.29, 0.717) is 19.3 Å². The lowest BCUT2D eigenvalue weighted by Crippen LogP contribution is -2.46. The lowest BCUT2D eigenvalue weighted by molar-refractivity contribution is -0.151. The fraction of sp³-hybridized carbons (Fsp3) is 0.633. The minimum Gasteiger partial charge on any atom is -0.462 e. The SMILES string of the molecule is CC/C=C/C=C/C=C\C=C/C=C/CCCC(=O)OC(CCCCCC/C=C/C/C=C/C/C=C/CC)CC(=O)NC(CO)C(O)CCCCCCCCCCC. The number of hydrogen-bond donors (Lipinski definition) is 3. The summed E-state index contributed by atoms with van der Waals surface area (Å²) in [6.45, 7) is 6.15. The number of amides is 1. The second kappa shape index (κ2) is 41.9. The Kier molecular flexibility index (Phi) is 39.5. The summed E-state index contributed by atoms with van der Waals surface area (Å²) in [4.78, 5) is 25.9. The number of carbonyl (C=O) groups excluding carboxylic acids is 2.